The summed E-state index contributed by atoms with van der Waals surface area (Å²) in [5, 5.41) is 10.3. The van der Waals surface area contributed by atoms with Crippen LogP contribution in [0, 0.1) is 5.82 Å². The van der Waals surface area contributed by atoms with E-state index < -0.39 is 33.1 Å². The summed E-state index contributed by atoms with van der Waals surface area (Å²) in [7, 11) is -3.76. The number of hydrogen-bond acceptors (Lipinski definition) is 5. The molecule has 1 aromatic carbocycles. The summed E-state index contributed by atoms with van der Waals surface area (Å²) in [5.41, 5.74) is 0.498. The number of aromatic nitrogens is 1. The number of thiophene rings is 1. The molecule has 2 aromatic heterocycles. The Bertz CT molecular complexity index is 1220. The molecular weight excluding hydrogens is 389 g/mol. The van der Waals surface area contributed by atoms with Crippen molar-refractivity contribution in [3.63, 3.8) is 0 Å². The van der Waals surface area contributed by atoms with Gasteiger partial charge < -0.3 is 10.1 Å². The number of fused-ring (bicyclic) bond motifs is 1. The molecule has 0 saturated heterocycles. The predicted molar refractivity (Wildman–Crippen MR) is 103 cm³/mol. The first-order chi connectivity index (χ1) is 12.8. The van der Waals surface area contributed by atoms with E-state index in [0.717, 1.165) is 21.8 Å². The zero-order valence-electron chi connectivity index (χ0n) is 14.1. The van der Waals surface area contributed by atoms with Crippen molar-refractivity contribution in [1.29, 1.82) is 0 Å². The van der Waals surface area contributed by atoms with Crippen LogP contribution >= 0.6 is 11.3 Å². The Hall–Kier alpha value is -2.29. The molecule has 2 heterocycles. The third-order valence-electron chi connectivity index (χ3n) is 4.58. The maximum atomic E-state index is 14.4. The first-order valence-corrected chi connectivity index (χ1v) is 10.8. The third-order valence-corrected chi connectivity index (χ3v) is 7.99. The van der Waals surface area contributed by atoms with E-state index in [0.29, 0.717) is 18.2 Å². The number of hydrogen-bond donors (Lipinski definition) is 2. The molecule has 140 valence electrons. The van der Waals surface area contributed by atoms with Crippen molar-refractivity contribution in [1.82, 2.24) is 4.98 Å². The molecule has 1 unspecified atom stereocenters. The number of pyridine rings is 1. The number of H-pyrrole nitrogens is 1. The van der Waals surface area contributed by atoms with Crippen LogP contribution in [0.1, 0.15) is 23.3 Å². The molecule has 0 aliphatic heterocycles. The van der Waals surface area contributed by atoms with Gasteiger partial charge >= 0.3 is 0 Å². The van der Waals surface area contributed by atoms with Gasteiger partial charge in [0.15, 0.2) is 9.84 Å². The highest BCUT2D eigenvalue weighted by molar-refractivity contribution is 7.92. The number of nitrogens with one attached hydrogen (secondary N) is 1. The fraction of sp³-hybridized carbons (Fsp3) is 0.211. The van der Waals surface area contributed by atoms with Gasteiger partial charge in [-0.2, -0.15) is 0 Å². The number of aliphatic hydroxyl groups excluding tert-OH is 1. The molecule has 27 heavy (non-hydrogen) atoms. The van der Waals surface area contributed by atoms with Crippen LogP contribution in [0.4, 0.5) is 4.39 Å². The molecule has 1 aliphatic rings. The minimum absolute atomic E-state index is 0.0374. The summed E-state index contributed by atoms with van der Waals surface area (Å²) in [5.74, 6) is -1.18. The summed E-state index contributed by atoms with van der Waals surface area (Å²) in [6, 6.07) is 7.26. The van der Waals surface area contributed by atoms with Crippen molar-refractivity contribution < 1.29 is 17.9 Å². The van der Waals surface area contributed by atoms with Crippen LogP contribution in [0.5, 0.6) is 0 Å². The fourth-order valence-electron chi connectivity index (χ4n) is 3.20. The first-order valence-electron chi connectivity index (χ1n) is 8.33. The number of halogens is 1. The van der Waals surface area contributed by atoms with E-state index in [1.165, 1.54) is 24.4 Å². The number of aromatic amines is 1. The Labute approximate surface area is 158 Å². The zero-order chi connectivity index (χ0) is 19.2. The summed E-state index contributed by atoms with van der Waals surface area (Å²) in [6.45, 7) is 0. The lowest BCUT2D eigenvalue weighted by molar-refractivity contribution is 0.191. The molecule has 0 amide bonds. The SMILES string of the molecule is O=c1[nH]ccc2cc(F)c(CS(=O)(=O)c3ccc(C4=CCC(O)C4)s3)cc12. The second-order valence-corrected chi connectivity index (χ2v) is 9.84. The number of aliphatic hydroxyl groups is 1. The predicted octanol–water partition coefficient (Wildman–Crippen LogP) is 3.24. The van der Waals surface area contributed by atoms with Crippen molar-refractivity contribution >= 4 is 37.5 Å². The molecule has 0 spiro atoms. The number of rotatable bonds is 4. The average molecular weight is 405 g/mol. The van der Waals surface area contributed by atoms with Gasteiger partial charge in [-0.05, 0) is 54.1 Å². The van der Waals surface area contributed by atoms with Gasteiger partial charge in [0, 0.05) is 22.0 Å². The second-order valence-electron chi connectivity index (χ2n) is 6.54. The van der Waals surface area contributed by atoms with Gasteiger partial charge in [-0.3, -0.25) is 4.79 Å². The van der Waals surface area contributed by atoms with Crippen molar-refractivity contribution in [2.24, 2.45) is 0 Å². The van der Waals surface area contributed by atoms with Gasteiger partial charge in [-0.25, -0.2) is 12.8 Å². The third kappa shape index (κ3) is 3.47. The van der Waals surface area contributed by atoms with E-state index in [-0.39, 0.29) is 15.2 Å². The van der Waals surface area contributed by atoms with E-state index in [1.54, 1.807) is 12.1 Å². The van der Waals surface area contributed by atoms with Gasteiger partial charge in [-0.1, -0.05) is 6.08 Å². The lowest BCUT2D eigenvalue weighted by Gasteiger charge is -2.06. The summed E-state index contributed by atoms with van der Waals surface area (Å²) < 4.78 is 40.0. The highest BCUT2D eigenvalue weighted by Crippen LogP contribution is 2.35. The van der Waals surface area contributed by atoms with Crippen molar-refractivity contribution in [2.75, 3.05) is 0 Å². The van der Waals surface area contributed by atoms with E-state index >= 15 is 0 Å². The van der Waals surface area contributed by atoms with Crippen LogP contribution in [0.2, 0.25) is 0 Å². The lowest BCUT2D eigenvalue weighted by Crippen LogP contribution is -2.09. The highest BCUT2D eigenvalue weighted by Gasteiger charge is 2.23. The summed E-state index contributed by atoms with van der Waals surface area (Å²) in [6.07, 6.45) is 3.96. The van der Waals surface area contributed by atoms with E-state index in [9.17, 15) is 22.7 Å². The molecule has 5 nitrogen and oxygen atoms in total. The maximum Gasteiger partial charge on any atom is 0.255 e. The summed E-state index contributed by atoms with van der Waals surface area (Å²) >= 11 is 1.11. The van der Waals surface area contributed by atoms with Crippen molar-refractivity contribution in [3.8, 4) is 0 Å². The highest BCUT2D eigenvalue weighted by atomic mass is 32.2. The molecule has 0 fully saturated rings. The Balaban J connectivity index is 1.67. The largest absolute Gasteiger partial charge is 0.392 e. The quantitative estimate of drug-likeness (QED) is 0.698. The number of benzene rings is 1. The van der Waals surface area contributed by atoms with Gasteiger partial charge in [0.25, 0.3) is 5.56 Å². The lowest BCUT2D eigenvalue weighted by atomic mass is 10.1. The first kappa shape index (κ1) is 18.1. The smallest absolute Gasteiger partial charge is 0.255 e. The second kappa shape index (κ2) is 6.70. The van der Waals surface area contributed by atoms with E-state index in [1.807, 2.05) is 6.08 Å². The van der Waals surface area contributed by atoms with Gasteiger partial charge in [-0.15, -0.1) is 11.3 Å². The normalized spacial score (nSPS) is 17.4. The van der Waals surface area contributed by atoms with Crippen LogP contribution in [-0.4, -0.2) is 24.6 Å². The van der Waals surface area contributed by atoms with Crippen LogP contribution in [0.3, 0.4) is 0 Å². The molecule has 0 bridgehead atoms. The topological polar surface area (TPSA) is 87.2 Å². The average Bonchev–Trinajstić information content (AvgIpc) is 3.25. The van der Waals surface area contributed by atoms with Gasteiger partial charge in [0.05, 0.1) is 11.9 Å². The molecular formula is C19H16FNO4S2. The van der Waals surface area contributed by atoms with E-state index in [2.05, 4.69) is 4.98 Å². The van der Waals surface area contributed by atoms with Gasteiger partial charge in [0.2, 0.25) is 0 Å². The zero-order valence-corrected chi connectivity index (χ0v) is 15.7. The Morgan fingerprint density at radius 3 is 2.81 bits per heavy atom. The maximum absolute atomic E-state index is 14.4. The van der Waals surface area contributed by atoms with Crippen LogP contribution in [0.15, 0.2) is 51.6 Å². The standard InChI is InChI=1S/C19H16FNO4S2/c20-16-9-11-5-6-21-19(23)15(11)8-13(16)10-27(24,25)18-4-3-17(26-18)12-1-2-14(22)7-12/h1,3-6,8-9,14,22H,2,7,10H2,(H,21,23). The van der Waals surface area contributed by atoms with E-state index in [4.69, 9.17) is 0 Å². The van der Waals surface area contributed by atoms with Crippen LogP contribution in [-0.2, 0) is 15.6 Å². The molecule has 3 aromatic rings. The molecule has 0 saturated carbocycles. The molecule has 8 heteroatoms. The Kier molecular flexibility index (Phi) is 4.49. The Morgan fingerprint density at radius 1 is 1.26 bits per heavy atom. The number of sulfone groups is 1. The fourth-order valence-corrected chi connectivity index (χ4v) is 5.99. The van der Waals surface area contributed by atoms with Crippen LogP contribution in [0.25, 0.3) is 16.3 Å². The van der Waals surface area contributed by atoms with Gasteiger partial charge in [0.1, 0.15) is 10.0 Å². The van der Waals surface area contributed by atoms with Crippen molar-refractivity contribution in [2.45, 2.75) is 28.9 Å². The summed E-state index contributed by atoms with van der Waals surface area (Å²) in [4.78, 5) is 15.2. The minimum atomic E-state index is -3.76. The van der Waals surface area contributed by atoms with Crippen LogP contribution < -0.4 is 5.56 Å². The molecule has 2 N–H and O–H groups in total. The minimum Gasteiger partial charge on any atom is -0.392 e. The molecule has 4 rings (SSSR count). The monoisotopic (exact) mass is 405 g/mol. The Morgan fingerprint density at radius 2 is 2.07 bits per heavy atom. The van der Waals surface area contributed by atoms with Crippen molar-refractivity contribution in [3.05, 3.63) is 69.2 Å². The molecule has 1 atom stereocenters. The molecule has 0 radical (unpaired) electrons. The molecule has 1 aliphatic carbocycles.